The molecule has 3 nitrogen and oxygen atoms in total. The van der Waals surface area contributed by atoms with Gasteiger partial charge in [-0.2, -0.15) is 0 Å². The second kappa shape index (κ2) is 6.10. The molecule has 1 aromatic rings. The Kier molecular flexibility index (Phi) is 4.47. The van der Waals surface area contributed by atoms with Crippen LogP contribution in [-0.4, -0.2) is 10.9 Å². The lowest BCUT2D eigenvalue weighted by molar-refractivity contribution is -0.120. The highest BCUT2D eigenvalue weighted by Crippen LogP contribution is 2.26. The van der Waals surface area contributed by atoms with E-state index in [9.17, 15) is 9.18 Å². The maximum Gasteiger partial charge on any atom is 0.227 e. The molecule has 0 aliphatic heterocycles. The second-order valence-corrected chi connectivity index (χ2v) is 5.32. The maximum absolute atomic E-state index is 13.2. The van der Waals surface area contributed by atoms with Crippen molar-refractivity contribution in [1.82, 2.24) is 0 Å². The summed E-state index contributed by atoms with van der Waals surface area (Å²) in [6.45, 7) is 0. The smallest absolute Gasteiger partial charge is 0.227 e. The van der Waals surface area contributed by atoms with Crippen LogP contribution in [0.1, 0.15) is 37.7 Å². The number of rotatable bonds is 3. The highest BCUT2D eigenvalue weighted by atomic mass is 32.1. The summed E-state index contributed by atoms with van der Waals surface area (Å²) in [5, 5.41) is 2.82. The van der Waals surface area contributed by atoms with Crippen molar-refractivity contribution in [3.8, 4) is 0 Å². The van der Waals surface area contributed by atoms with Gasteiger partial charge in [-0.15, -0.1) is 0 Å². The summed E-state index contributed by atoms with van der Waals surface area (Å²) in [6, 6.07) is 4.04. The van der Waals surface area contributed by atoms with Crippen molar-refractivity contribution in [3.05, 3.63) is 29.6 Å². The average Bonchev–Trinajstić information content (AvgIpc) is 2.41. The van der Waals surface area contributed by atoms with E-state index in [2.05, 4.69) is 5.32 Å². The summed E-state index contributed by atoms with van der Waals surface area (Å²) in [6.07, 6.45) is 5.19. The Morgan fingerprint density at radius 2 is 2.00 bits per heavy atom. The van der Waals surface area contributed by atoms with Crippen molar-refractivity contribution in [1.29, 1.82) is 0 Å². The van der Waals surface area contributed by atoms with Crippen LogP contribution in [0, 0.1) is 11.7 Å². The molecular formula is C14H17FN2OS. The van der Waals surface area contributed by atoms with Crippen LogP contribution in [0.4, 0.5) is 10.1 Å². The fourth-order valence-corrected chi connectivity index (χ4v) is 2.60. The number of nitrogens with one attached hydrogen (secondary N) is 1. The minimum atomic E-state index is -0.418. The first-order chi connectivity index (χ1) is 9.08. The molecule has 1 saturated carbocycles. The summed E-state index contributed by atoms with van der Waals surface area (Å²) in [4.78, 5) is 12.2. The summed E-state index contributed by atoms with van der Waals surface area (Å²) in [7, 11) is 0. The Morgan fingerprint density at radius 1 is 1.32 bits per heavy atom. The second-order valence-electron chi connectivity index (χ2n) is 4.88. The molecule has 0 unspecified atom stereocenters. The van der Waals surface area contributed by atoms with Crippen molar-refractivity contribution in [2.24, 2.45) is 11.7 Å². The normalized spacial score (nSPS) is 16.1. The Bertz CT molecular complexity index is 498. The quantitative estimate of drug-likeness (QED) is 0.837. The van der Waals surface area contributed by atoms with Crippen molar-refractivity contribution in [2.45, 2.75) is 32.1 Å². The summed E-state index contributed by atoms with van der Waals surface area (Å²) in [5.41, 5.74) is 6.42. The number of thiocarbonyl (C=S) groups is 1. The minimum absolute atomic E-state index is 0.0243. The number of carbonyl (C=O) groups excluding carboxylic acids is 1. The monoisotopic (exact) mass is 280 g/mol. The molecule has 1 fully saturated rings. The topological polar surface area (TPSA) is 55.1 Å². The molecule has 1 aliphatic carbocycles. The molecule has 0 heterocycles. The third-order valence-electron chi connectivity index (χ3n) is 3.48. The van der Waals surface area contributed by atoms with Gasteiger partial charge in [-0.3, -0.25) is 4.79 Å². The van der Waals surface area contributed by atoms with Gasteiger partial charge in [-0.25, -0.2) is 4.39 Å². The molecule has 19 heavy (non-hydrogen) atoms. The van der Waals surface area contributed by atoms with Crippen LogP contribution in [0.15, 0.2) is 18.2 Å². The fourth-order valence-electron chi connectivity index (χ4n) is 2.43. The van der Waals surface area contributed by atoms with Crippen molar-refractivity contribution in [3.63, 3.8) is 0 Å². The van der Waals surface area contributed by atoms with E-state index in [1.54, 1.807) is 0 Å². The maximum atomic E-state index is 13.2. The highest BCUT2D eigenvalue weighted by molar-refractivity contribution is 7.80. The fraction of sp³-hybridized carbons (Fsp3) is 0.429. The van der Waals surface area contributed by atoms with Crippen molar-refractivity contribution >= 4 is 28.8 Å². The summed E-state index contributed by atoms with van der Waals surface area (Å²) in [5.74, 6) is -0.403. The first kappa shape index (κ1) is 13.9. The molecule has 5 heteroatoms. The first-order valence-electron chi connectivity index (χ1n) is 6.48. The molecular weight excluding hydrogens is 263 g/mol. The lowest BCUT2D eigenvalue weighted by atomic mass is 9.88. The van der Waals surface area contributed by atoms with Crippen LogP contribution in [0.3, 0.4) is 0 Å². The van der Waals surface area contributed by atoms with Gasteiger partial charge in [0.15, 0.2) is 0 Å². The molecule has 0 spiro atoms. The van der Waals surface area contributed by atoms with Gasteiger partial charge in [0.2, 0.25) is 5.91 Å². The van der Waals surface area contributed by atoms with E-state index in [4.69, 9.17) is 18.0 Å². The molecule has 1 amide bonds. The van der Waals surface area contributed by atoms with Gasteiger partial charge in [0.1, 0.15) is 10.8 Å². The van der Waals surface area contributed by atoms with Crippen molar-refractivity contribution < 1.29 is 9.18 Å². The molecule has 1 aromatic carbocycles. The Morgan fingerprint density at radius 3 is 2.63 bits per heavy atom. The predicted octanol–water partition coefficient (Wildman–Crippen LogP) is 2.98. The molecule has 0 atom stereocenters. The van der Waals surface area contributed by atoms with Gasteiger partial charge in [0.25, 0.3) is 0 Å². The summed E-state index contributed by atoms with van der Waals surface area (Å²) < 4.78 is 13.2. The predicted molar refractivity (Wildman–Crippen MR) is 77.5 cm³/mol. The van der Waals surface area contributed by atoms with Crippen LogP contribution in [-0.2, 0) is 4.79 Å². The molecule has 0 radical (unpaired) electrons. The van der Waals surface area contributed by atoms with Gasteiger partial charge in [-0.1, -0.05) is 31.5 Å². The lowest BCUT2D eigenvalue weighted by Gasteiger charge is -2.21. The van der Waals surface area contributed by atoms with E-state index in [0.29, 0.717) is 11.3 Å². The first-order valence-corrected chi connectivity index (χ1v) is 6.89. The number of nitrogens with two attached hydrogens (primary N) is 1. The molecule has 1 aliphatic rings. The van der Waals surface area contributed by atoms with Crippen LogP contribution in [0.2, 0.25) is 0 Å². The highest BCUT2D eigenvalue weighted by Gasteiger charge is 2.22. The third-order valence-corrected chi connectivity index (χ3v) is 3.70. The average molecular weight is 280 g/mol. The van der Waals surface area contributed by atoms with Crippen LogP contribution < -0.4 is 11.1 Å². The number of anilines is 1. The van der Waals surface area contributed by atoms with E-state index in [-0.39, 0.29) is 16.8 Å². The zero-order chi connectivity index (χ0) is 13.8. The van der Waals surface area contributed by atoms with E-state index in [1.165, 1.54) is 24.6 Å². The molecule has 0 aromatic heterocycles. The largest absolute Gasteiger partial charge is 0.389 e. The summed E-state index contributed by atoms with van der Waals surface area (Å²) >= 11 is 4.88. The zero-order valence-electron chi connectivity index (χ0n) is 10.6. The molecule has 3 N–H and O–H groups in total. The van der Waals surface area contributed by atoms with Crippen LogP contribution in [0.5, 0.6) is 0 Å². The zero-order valence-corrected chi connectivity index (χ0v) is 11.4. The SMILES string of the molecule is NC(=S)c1cc(F)ccc1NC(=O)C1CCCCC1. The lowest BCUT2D eigenvalue weighted by Crippen LogP contribution is -2.26. The van der Waals surface area contributed by atoms with E-state index in [1.807, 2.05) is 0 Å². The Hall–Kier alpha value is -1.49. The Labute approximate surface area is 117 Å². The van der Waals surface area contributed by atoms with Gasteiger partial charge in [-0.05, 0) is 31.0 Å². The van der Waals surface area contributed by atoms with Crippen molar-refractivity contribution in [2.75, 3.05) is 5.32 Å². The molecule has 0 saturated heterocycles. The number of hydrogen-bond donors (Lipinski definition) is 2. The standard InChI is InChI=1S/C14H17FN2OS/c15-10-6-7-12(11(8-10)13(16)19)17-14(18)9-4-2-1-3-5-9/h6-9H,1-5H2,(H2,16,19)(H,17,18). The number of benzene rings is 1. The number of halogens is 1. The van der Waals surface area contributed by atoms with Gasteiger partial charge >= 0.3 is 0 Å². The van der Waals surface area contributed by atoms with Crippen LogP contribution >= 0.6 is 12.2 Å². The molecule has 0 bridgehead atoms. The van der Waals surface area contributed by atoms with Crippen LogP contribution in [0.25, 0.3) is 0 Å². The van der Waals surface area contributed by atoms with E-state index < -0.39 is 5.82 Å². The van der Waals surface area contributed by atoms with Gasteiger partial charge in [0.05, 0.1) is 5.69 Å². The minimum Gasteiger partial charge on any atom is -0.389 e. The van der Waals surface area contributed by atoms with E-state index >= 15 is 0 Å². The number of carbonyl (C=O) groups is 1. The Balaban J connectivity index is 2.13. The number of amides is 1. The third kappa shape index (κ3) is 3.50. The van der Waals surface area contributed by atoms with Gasteiger partial charge < -0.3 is 11.1 Å². The molecule has 102 valence electrons. The number of hydrogen-bond acceptors (Lipinski definition) is 2. The van der Waals surface area contributed by atoms with Gasteiger partial charge in [0, 0.05) is 11.5 Å². The molecule has 2 rings (SSSR count). The van der Waals surface area contributed by atoms with E-state index in [0.717, 1.165) is 25.7 Å².